The molecule has 1 amide bonds. The van der Waals surface area contributed by atoms with E-state index in [0.717, 1.165) is 5.01 Å². The summed E-state index contributed by atoms with van der Waals surface area (Å²) in [7, 11) is 0. The molecule has 0 bridgehead atoms. The summed E-state index contributed by atoms with van der Waals surface area (Å²) in [4.78, 5) is 11.6. The first kappa shape index (κ1) is 7.71. The quantitative estimate of drug-likeness (QED) is 0.253. The number of amides is 1. The van der Waals surface area contributed by atoms with Gasteiger partial charge in [0, 0.05) is 0 Å². The van der Waals surface area contributed by atoms with E-state index in [4.69, 9.17) is 18.1 Å². The van der Waals surface area contributed by atoms with Crippen LogP contribution in [0.5, 0.6) is 0 Å². The number of carbonyl (C=O) groups excluding carboxylic acids is 1. The Morgan fingerprint density at radius 2 is 2.40 bits per heavy atom. The van der Waals surface area contributed by atoms with Crippen LogP contribution in [0.15, 0.2) is 11.0 Å². The van der Waals surface area contributed by atoms with Gasteiger partial charge in [-0.2, -0.15) is 0 Å². The molecule has 10 heavy (non-hydrogen) atoms. The Kier molecular flexibility index (Phi) is 2.08. The van der Waals surface area contributed by atoms with Crippen LogP contribution in [0.4, 0.5) is 0 Å². The molecule has 0 aromatic heterocycles. The molecule has 2 N–H and O–H groups in total. The molecule has 0 spiro atoms. The molecule has 0 saturated carbocycles. The lowest BCUT2D eigenvalue weighted by atomic mass is 10.5. The summed E-state index contributed by atoms with van der Waals surface area (Å²) < 4.78 is 0.415. The number of nitrogens with zero attached hydrogens (tertiary/aromatic N) is 1. The van der Waals surface area contributed by atoms with Gasteiger partial charge >= 0.3 is 0 Å². The van der Waals surface area contributed by atoms with Gasteiger partial charge in [0.2, 0.25) is 0 Å². The van der Waals surface area contributed by atoms with Crippen molar-refractivity contribution in [3.05, 3.63) is 11.0 Å². The summed E-state index contributed by atoms with van der Waals surface area (Å²) in [6.07, 6.45) is 1.70. The third kappa shape index (κ3) is 1.07. The molecule has 1 saturated heterocycles. The second kappa shape index (κ2) is 2.69. The molecule has 0 aromatic rings. The maximum atomic E-state index is 11.0. The zero-order valence-corrected chi connectivity index (χ0v) is 6.96. The summed E-state index contributed by atoms with van der Waals surface area (Å²) in [5, 5.41) is 0.981. The van der Waals surface area contributed by atoms with E-state index in [-0.39, 0.29) is 5.91 Å². The van der Waals surface area contributed by atoms with Crippen LogP contribution < -0.4 is 5.84 Å². The number of thiocarbonyl (C=S) groups is 1. The Labute approximate surface area is 68.2 Å². The predicted octanol–water partition coefficient (Wildman–Crippen LogP) is 0.624. The van der Waals surface area contributed by atoms with Gasteiger partial charge in [-0.15, -0.1) is 0 Å². The number of nitrogens with two attached hydrogens (primary N) is 1. The summed E-state index contributed by atoms with van der Waals surface area (Å²) >= 11 is 5.99. The van der Waals surface area contributed by atoms with Gasteiger partial charge in [-0.1, -0.05) is 30.1 Å². The van der Waals surface area contributed by atoms with E-state index in [1.807, 2.05) is 0 Å². The highest BCUT2D eigenvalue weighted by atomic mass is 32.2. The molecule has 0 aromatic carbocycles. The van der Waals surface area contributed by atoms with Crippen molar-refractivity contribution in [1.82, 2.24) is 5.01 Å². The number of rotatable bonds is 0. The fraction of sp³-hybridized carbons (Fsp3) is 0.200. The van der Waals surface area contributed by atoms with Crippen molar-refractivity contribution < 1.29 is 4.79 Å². The number of hydrazine groups is 1. The SMILES string of the molecule is C/C=C1/SC(=S)N(N)C1=O. The van der Waals surface area contributed by atoms with Gasteiger partial charge in [-0.3, -0.25) is 4.79 Å². The predicted molar refractivity (Wildman–Crippen MR) is 45.0 cm³/mol. The minimum atomic E-state index is -0.211. The Morgan fingerprint density at radius 1 is 1.80 bits per heavy atom. The van der Waals surface area contributed by atoms with Crippen LogP contribution >= 0.6 is 24.0 Å². The minimum Gasteiger partial charge on any atom is -0.267 e. The zero-order chi connectivity index (χ0) is 7.72. The monoisotopic (exact) mass is 174 g/mol. The molecule has 1 fully saturated rings. The number of thioether (sulfide) groups is 1. The van der Waals surface area contributed by atoms with E-state index >= 15 is 0 Å². The van der Waals surface area contributed by atoms with Crippen LogP contribution in [0, 0.1) is 0 Å². The molecular weight excluding hydrogens is 168 g/mol. The molecule has 3 nitrogen and oxygen atoms in total. The van der Waals surface area contributed by atoms with Gasteiger partial charge in [-0.25, -0.2) is 10.9 Å². The van der Waals surface area contributed by atoms with Crippen LogP contribution in [0.1, 0.15) is 6.92 Å². The highest BCUT2D eigenvalue weighted by Gasteiger charge is 2.28. The van der Waals surface area contributed by atoms with Crippen molar-refractivity contribution in [3.63, 3.8) is 0 Å². The lowest BCUT2D eigenvalue weighted by Crippen LogP contribution is -2.34. The Morgan fingerprint density at radius 3 is 2.60 bits per heavy atom. The Hall–Kier alpha value is -0.390. The number of hydrogen-bond acceptors (Lipinski definition) is 4. The van der Waals surface area contributed by atoms with Gasteiger partial charge in [0.25, 0.3) is 5.91 Å². The molecule has 1 rings (SSSR count). The molecule has 1 aliphatic rings. The van der Waals surface area contributed by atoms with Crippen LogP contribution in [-0.4, -0.2) is 15.2 Å². The molecular formula is C5H6N2OS2. The van der Waals surface area contributed by atoms with Gasteiger partial charge in [0.1, 0.15) is 0 Å². The average molecular weight is 174 g/mol. The number of carbonyl (C=O) groups is 1. The van der Waals surface area contributed by atoms with Gasteiger partial charge in [-0.05, 0) is 6.92 Å². The second-order valence-corrected chi connectivity index (χ2v) is 3.37. The van der Waals surface area contributed by atoms with Gasteiger partial charge < -0.3 is 0 Å². The first-order valence-electron chi connectivity index (χ1n) is 2.64. The third-order valence-corrected chi connectivity index (χ3v) is 2.53. The highest BCUT2D eigenvalue weighted by molar-refractivity contribution is 8.26. The Bertz CT molecular complexity index is 224. The van der Waals surface area contributed by atoms with E-state index in [9.17, 15) is 4.79 Å². The van der Waals surface area contributed by atoms with Gasteiger partial charge in [0.05, 0.1) is 4.91 Å². The van der Waals surface area contributed by atoms with E-state index in [0.29, 0.717) is 9.23 Å². The molecule has 0 aliphatic carbocycles. The van der Waals surface area contributed by atoms with Crippen molar-refractivity contribution in [2.24, 2.45) is 5.84 Å². The lowest BCUT2D eigenvalue weighted by Gasteiger charge is -2.02. The van der Waals surface area contributed by atoms with E-state index in [1.54, 1.807) is 13.0 Å². The van der Waals surface area contributed by atoms with Crippen molar-refractivity contribution in [2.75, 3.05) is 0 Å². The number of hydrogen-bond donors (Lipinski definition) is 1. The molecule has 0 unspecified atom stereocenters. The third-order valence-electron chi connectivity index (χ3n) is 1.09. The normalized spacial score (nSPS) is 23.0. The van der Waals surface area contributed by atoms with Crippen molar-refractivity contribution >= 4 is 34.2 Å². The highest BCUT2D eigenvalue weighted by Crippen LogP contribution is 2.27. The first-order chi connectivity index (χ1) is 4.66. The topological polar surface area (TPSA) is 46.3 Å². The summed E-state index contributed by atoms with van der Waals surface area (Å²) in [5.74, 6) is 5.06. The second-order valence-electron chi connectivity index (χ2n) is 1.70. The smallest absolute Gasteiger partial charge is 0.267 e. The number of allylic oxidation sites excluding steroid dienone is 1. The van der Waals surface area contributed by atoms with Gasteiger partial charge in [0.15, 0.2) is 4.32 Å². The standard InChI is InChI=1S/C5H6N2OS2/c1-2-3-4(8)7(6)5(9)10-3/h2H,6H2,1H3/b3-2+. The van der Waals surface area contributed by atoms with E-state index in [2.05, 4.69) is 0 Å². The minimum absolute atomic E-state index is 0.211. The molecule has 0 atom stereocenters. The maximum absolute atomic E-state index is 11.0. The first-order valence-corrected chi connectivity index (χ1v) is 3.86. The molecule has 0 radical (unpaired) electrons. The van der Waals surface area contributed by atoms with Crippen molar-refractivity contribution in [3.8, 4) is 0 Å². The zero-order valence-electron chi connectivity index (χ0n) is 5.33. The molecule has 1 heterocycles. The lowest BCUT2D eigenvalue weighted by molar-refractivity contribution is -0.122. The van der Waals surface area contributed by atoms with Crippen LogP contribution in [0.2, 0.25) is 0 Å². The average Bonchev–Trinajstić information content (AvgIpc) is 2.17. The van der Waals surface area contributed by atoms with Crippen LogP contribution in [0.3, 0.4) is 0 Å². The van der Waals surface area contributed by atoms with Crippen molar-refractivity contribution in [1.29, 1.82) is 0 Å². The maximum Gasteiger partial charge on any atom is 0.280 e. The molecule has 5 heteroatoms. The van der Waals surface area contributed by atoms with Crippen LogP contribution in [-0.2, 0) is 4.79 Å². The summed E-state index contributed by atoms with van der Waals surface area (Å²) in [5.41, 5.74) is 0. The van der Waals surface area contributed by atoms with E-state index < -0.39 is 0 Å². The summed E-state index contributed by atoms with van der Waals surface area (Å²) in [6.45, 7) is 1.78. The van der Waals surface area contributed by atoms with Crippen LogP contribution in [0.25, 0.3) is 0 Å². The molecule has 54 valence electrons. The fourth-order valence-electron chi connectivity index (χ4n) is 0.571. The fourth-order valence-corrected chi connectivity index (χ4v) is 1.60. The largest absolute Gasteiger partial charge is 0.280 e. The van der Waals surface area contributed by atoms with E-state index in [1.165, 1.54) is 11.8 Å². The Balaban J connectivity index is 2.92. The molecule has 1 aliphatic heterocycles. The summed E-state index contributed by atoms with van der Waals surface area (Å²) in [6, 6.07) is 0. The van der Waals surface area contributed by atoms with Crippen molar-refractivity contribution in [2.45, 2.75) is 6.92 Å².